The van der Waals surface area contributed by atoms with E-state index in [0.29, 0.717) is 24.7 Å². The van der Waals surface area contributed by atoms with Crippen LogP contribution < -0.4 is 27.2 Å². The van der Waals surface area contributed by atoms with Crippen LogP contribution in [0.15, 0.2) is 9.59 Å². The van der Waals surface area contributed by atoms with Gasteiger partial charge >= 0.3 is 5.69 Å². The first-order valence-electron chi connectivity index (χ1n) is 9.47. The third-order valence-electron chi connectivity index (χ3n) is 4.59. The number of ether oxygens (including phenoxy) is 1. The largest absolute Gasteiger partial charge is 0.383 e. The van der Waals surface area contributed by atoms with Crippen molar-refractivity contribution >= 4 is 28.8 Å². The van der Waals surface area contributed by atoms with E-state index in [1.54, 1.807) is 4.90 Å². The van der Waals surface area contributed by atoms with Crippen molar-refractivity contribution in [3.63, 3.8) is 0 Å². The van der Waals surface area contributed by atoms with Gasteiger partial charge in [0.05, 0.1) is 13.2 Å². The molecular formula is C17H30N6O3S. The Labute approximate surface area is 164 Å². The van der Waals surface area contributed by atoms with E-state index in [4.69, 9.17) is 22.7 Å². The standard InChI is InChI=1S/C17H30N6O3S/c1-3-5-7-23-14(18)13(15(24)20-16(23)25)22(4-2)17(27)19-6-8-21-9-11-26-12-10-21/h3-12,18H2,1-2H3,(H,19,27)(H,20,24,25). The number of anilines is 2. The number of nitrogens with one attached hydrogen (secondary N) is 2. The lowest BCUT2D eigenvalue weighted by Crippen LogP contribution is -2.47. The third kappa shape index (κ3) is 5.53. The Morgan fingerprint density at radius 3 is 2.63 bits per heavy atom. The van der Waals surface area contributed by atoms with Crippen molar-refractivity contribution in [3.05, 3.63) is 20.8 Å². The number of unbranched alkanes of at least 4 members (excludes halogenated alkanes) is 1. The Morgan fingerprint density at radius 1 is 1.30 bits per heavy atom. The number of nitrogens with two attached hydrogens (primary N) is 1. The second-order valence-electron chi connectivity index (χ2n) is 6.43. The van der Waals surface area contributed by atoms with E-state index in [9.17, 15) is 9.59 Å². The fourth-order valence-electron chi connectivity index (χ4n) is 3.02. The van der Waals surface area contributed by atoms with Crippen molar-refractivity contribution in [3.8, 4) is 0 Å². The quantitative estimate of drug-likeness (QED) is 0.523. The Balaban J connectivity index is 2.11. The van der Waals surface area contributed by atoms with Crippen LogP contribution in [0.2, 0.25) is 0 Å². The summed E-state index contributed by atoms with van der Waals surface area (Å²) in [5.41, 5.74) is 5.38. The fraction of sp³-hybridized carbons (Fsp3) is 0.706. The van der Waals surface area contributed by atoms with Gasteiger partial charge in [0.2, 0.25) is 0 Å². The Kier molecular flexibility index (Phi) is 8.26. The molecule has 1 saturated heterocycles. The second-order valence-corrected chi connectivity index (χ2v) is 6.82. The van der Waals surface area contributed by atoms with Gasteiger partial charge in [-0.05, 0) is 25.6 Å². The van der Waals surface area contributed by atoms with Crippen LogP contribution in [0.25, 0.3) is 0 Å². The van der Waals surface area contributed by atoms with E-state index in [-0.39, 0.29) is 11.5 Å². The van der Waals surface area contributed by atoms with E-state index < -0.39 is 11.2 Å². The monoisotopic (exact) mass is 398 g/mol. The summed E-state index contributed by atoms with van der Waals surface area (Å²) in [6.07, 6.45) is 1.71. The van der Waals surface area contributed by atoms with Crippen LogP contribution in [0.5, 0.6) is 0 Å². The fourth-order valence-corrected chi connectivity index (χ4v) is 3.34. The minimum Gasteiger partial charge on any atom is -0.383 e. The molecule has 0 radical (unpaired) electrons. The number of hydrogen-bond acceptors (Lipinski definition) is 6. The molecule has 0 spiro atoms. The Bertz CT molecular complexity index is 741. The first-order chi connectivity index (χ1) is 13.0. The van der Waals surface area contributed by atoms with Crippen molar-refractivity contribution in [1.29, 1.82) is 0 Å². The van der Waals surface area contributed by atoms with Crippen LogP contribution in [0.4, 0.5) is 11.5 Å². The van der Waals surface area contributed by atoms with Crippen LogP contribution >= 0.6 is 12.2 Å². The molecule has 0 saturated carbocycles. The first kappa shape index (κ1) is 21.4. The zero-order chi connectivity index (χ0) is 19.8. The maximum Gasteiger partial charge on any atom is 0.330 e. The minimum absolute atomic E-state index is 0.149. The number of aromatic amines is 1. The van der Waals surface area contributed by atoms with E-state index in [2.05, 4.69) is 15.2 Å². The molecule has 27 heavy (non-hydrogen) atoms. The number of hydrogen-bond donors (Lipinski definition) is 3. The van der Waals surface area contributed by atoms with Crippen molar-refractivity contribution < 1.29 is 4.74 Å². The number of thiocarbonyl (C=S) groups is 1. The normalized spacial score (nSPS) is 14.9. The first-order valence-corrected chi connectivity index (χ1v) is 9.88. The summed E-state index contributed by atoms with van der Waals surface area (Å²) in [5, 5.41) is 3.61. The molecule has 4 N–H and O–H groups in total. The molecule has 2 heterocycles. The van der Waals surface area contributed by atoms with Crippen LogP contribution in [-0.4, -0.2) is 65.5 Å². The molecule has 1 aromatic rings. The number of rotatable bonds is 8. The topological polar surface area (TPSA) is 109 Å². The summed E-state index contributed by atoms with van der Waals surface area (Å²) in [4.78, 5) is 30.8. The molecule has 0 aliphatic carbocycles. The van der Waals surface area contributed by atoms with E-state index >= 15 is 0 Å². The van der Waals surface area contributed by atoms with Gasteiger partial charge < -0.3 is 20.7 Å². The predicted octanol–water partition coefficient (Wildman–Crippen LogP) is -0.0481. The molecular weight excluding hydrogens is 368 g/mol. The molecule has 0 amide bonds. The van der Waals surface area contributed by atoms with Crippen molar-refractivity contribution in [1.82, 2.24) is 19.8 Å². The number of aromatic nitrogens is 2. The molecule has 9 nitrogen and oxygen atoms in total. The Hall–Kier alpha value is -1.91. The number of morpholine rings is 1. The average Bonchev–Trinajstić information content (AvgIpc) is 2.65. The summed E-state index contributed by atoms with van der Waals surface area (Å²) in [7, 11) is 0. The molecule has 0 atom stereocenters. The minimum atomic E-state index is -0.524. The highest BCUT2D eigenvalue weighted by molar-refractivity contribution is 7.80. The van der Waals surface area contributed by atoms with Gasteiger partial charge in [0, 0.05) is 39.3 Å². The SMILES string of the molecule is CCCCn1c(N)c(N(CC)C(=S)NCCN2CCOCC2)c(=O)[nH]c1=O. The third-order valence-corrected chi connectivity index (χ3v) is 4.95. The van der Waals surface area contributed by atoms with Gasteiger partial charge in [0.15, 0.2) is 10.8 Å². The lowest BCUT2D eigenvalue weighted by Gasteiger charge is -2.29. The number of nitrogens with zero attached hydrogens (tertiary/aromatic N) is 3. The summed E-state index contributed by atoms with van der Waals surface area (Å²) in [6.45, 7) is 9.62. The maximum atomic E-state index is 12.4. The zero-order valence-corrected chi connectivity index (χ0v) is 16.9. The molecule has 0 unspecified atom stereocenters. The zero-order valence-electron chi connectivity index (χ0n) is 16.1. The van der Waals surface area contributed by atoms with E-state index in [1.807, 2.05) is 13.8 Å². The predicted molar refractivity (Wildman–Crippen MR) is 112 cm³/mol. The van der Waals surface area contributed by atoms with Crippen LogP contribution in [0.1, 0.15) is 26.7 Å². The van der Waals surface area contributed by atoms with Crippen LogP contribution in [0, 0.1) is 0 Å². The van der Waals surface area contributed by atoms with Gasteiger partial charge in [-0.25, -0.2) is 4.79 Å². The van der Waals surface area contributed by atoms with Crippen LogP contribution in [-0.2, 0) is 11.3 Å². The van der Waals surface area contributed by atoms with Crippen LogP contribution in [0.3, 0.4) is 0 Å². The smallest absolute Gasteiger partial charge is 0.330 e. The summed E-state index contributed by atoms with van der Waals surface area (Å²) in [6, 6.07) is 0. The number of H-pyrrole nitrogens is 1. The lowest BCUT2D eigenvalue weighted by molar-refractivity contribution is 0.0389. The number of nitrogen functional groups attached to an aromatic ring is 1. The second kappa shape index (κ2) is 10.4. The summed E-state index contributed by atoms with van der Waals surface area (Å²) < 4.78 is 6.74. The highest BCUT2D eigenvalue weighted by atomic mass is 32.1. The molecule has 10 heteroatoms. The van der Waals surface area contributed by atoms with Crippen molar-refractivity contribution in [2.24, 2.45) is 0 Å². The lowest BCUT2D eigenvalue weighted by atomic mass is 10.3. The van der Waals surface area contributed by atoms with Gasteiger partial charge in [0.25, 0.3) is 5.56 Å². The molecule has 2 rings (SSSR count). The highest BCUT2D eigenvalue weighted by Gasteiger charge is 2.21. The highest BCUT2D eigenvalue weighted by Crippen LogP contribution is 2.17. The maximum absolute atomic E-state index is 12.4. The Morgan fingerprint density at radius 2 is 2.00 bits per heavy atom. The van der Waals surface area contributed by atoms with Gasteiger partial charge in [0.1, 0.15) is 5.82 Å². The molecule has 1 aliphatic rings. The molecule has 1 fully saturated rings. The molecule has 1 aliphatic heterocycles. The van der Waals surface area contributed by atoms with Gasteiger partial charge in [-0.15, -0.1) is 0 Å². The van der Waals surface area contributed by atoms with E-state index in [0.717, 1.165) is 45.7 Å². The summed E-state index contributed by atoms with van der Waals surface area (Å²) >= 11 is 5.48. The molecule has 0 aromatic carbocycles. The molecule has 0 bridgehead atoms. The van der Waals surface area contributed by atoms with Gasteiger partial charge in [-0.3, -0.25) is 19.2 Å². The van der Waals surface area contributed by atoms with Crippen molar-refractivity contribution in [2.45, 2.75) is 33.2 Å². The molecule has 1 aromatic heterocycles. The van der Waals surface area contributed by atoms with Crippen molar-refractivity contribution in [2.75, 3.05) is 56.6 Å². The molecule has 152 valence electrons. The summed E-state index contributed by atoms with van der Waals surface area (Å²) in [5.74, 6) is 0.149. The van der Waals surface area contributed by atoms with E-state index in [1.165, 1.54) is 4.57 Å². The van der Waals surface area contributed by atoms with Gasteiger partial charge in [-0.1, -0.05) is 13.3 Å². The average molecular weight is 399 g/mol. The van der Waals surface area contributed by atoms with Gasteiger partial charge in [-0.2, -0.15) is 0 Å².